The van der Waals surface area contributed by atoms with Gasteiger partial charge in [0.1, 0.15) is 12.2 Å². The molecular weight excluding hydrogens is 620 g/mol. The zero-order valence-corrected chi connectivity index (χ0v) is 31.3. The predicted molar refractivity (Wildman–Crippen MR) is 187 cm³/mol. The Kier molecular flexibility index (Phi) is 10.4. The molecule has 4 fully saturated rings. The molecule has 276 valence electrons. The highest BCUT2D eigenvalue weighted by molar-refractivity contribution is 5.95. The average Bonchev–Trinajstić information content (AvgIpc) is 3.51. The van der Waals surface area contributed by atoms with Crippen molar-refractivity contribution in [1.29, 1.82) is 0 Å². The Labute approximate surface area is 294 Å². The van der Waals surface area contributed by atoms with E-state index >= 15 is 0 Å². The first-order chi connectivity index (χ1) is 23.0. The monoisotopic (exact) mass is 684 g/mol. The predicted octanol–water partition coefficient (Wildman–Crippen LogP) is 5.23. The van der Waals surface area contributed by atoms with Gasteiger partial charge in [-0.05, 0) is 117 Å². The smallest absolute Gasteiger partial charge is 0.159 e. The molecule has 2 heterocycles. The SMILES string of the molecule is COC(CCOC1CCC2(C)C(C1)C(=O)C=C1C2CC2CC#CC(O)C3OC(C(C)C3C)C(O)C(C)(O)C3CCC1(O)C23C)CCC(C)C. The third-order valence-corrected chi connectivity index (χ3v) is 15.3. The van der Waals surface area contributed by atoms with Crippen molar-refractivity contribution in [3.63, 3.8) is 0 Å². The van der Waals surface area contributed by atoms with Gasteiger partial charge in [0, 0.05) is 31.5 Å². The van der Waals surface area contributed by atoms with Crippen LogP contribution in [0.3, 0.4) is 0 Å². The molecule has 1 saturated heterocycles. The summed E-state index contributed by atoms with van der Waals surface area (Å²) in [7, 11) is 1.77. The zero-order valence-electron chi connectivity index (χ0n) is 31.3. The van der Waals surface area contributed by atoms with E-state index in [9.17, 15) is 25.2 Å². The minimum atomic E-state index is -1.58. The standard InChI is InChI=1S/C41H64O8/c1-23(2)12-13-27(47-8)16-19-48-28-14-17-38(5)29-20-26-10-9-11-32(42)35-24(3)25(4)36(49-35)37(44)40(7,45)34-15-18-41(46,39(26,34)6)30(29)22-33(43)31(38)21-28/h22-29,31-32,34-37,42,44-46H,10,12-21H2,1-8H3. The summed E-state index contributed by atoms with van der Waals surface area (Å²) < 4.78 is 18.4. The maximum absolute atomic E-state index is 14.1. The fraction of sp³-hybridized carbons (Fsp3) is 0.878. The van der Waals surface area contributed by atoms with Crippen LogP contribution in [-0.2, 0) is 19.0 Å². The third-order valence-electron chi connectivity index (χ3n) is 15.3. The van der Waals surface area contributed by atoms with Gasteiger partial charge in [-0.15, -0.1) is 5.92 Å². The van der Waals surface area contributed by atoms with E-state index in [0.717, 1.165) is 44.1 Å². The molecule has 0 amide bonds. The van der Waals surface area contributed by atoms with Crippen molar-refractivity contribution < 1.29 is 39.4 Å². The average molecular weight is 685 g/mol. The molecule has 2 aliphatic heterocycles. The molecule has 16 atom stereocenters. The maximum Gasteiger partial charge on any atom is 0.159 e. The number of methoxy groups -OCH3 is 1. The van der Waals surface area contributed by atoms with Gasteiger partial charge in [-0.1, -0.05) is 47.5 Å². The molecule has 0 aromatic carbocycles. The highest BCUT2D eigenvalue weighted by Crippen LogP contribution is 2.71. The first-order valence-electron chi connectivity index (χ1n) is 19.4. The summed E-state index contributed by atoms with van der Waals surface area (Å²) in [5.41, 5.74) is -3.29. The summed E-state index contributed by atoms with van der Waals surface area (Å²) >= 11 is 0. The van der Waals surface area contributed by atoms with Gasteiger partial charge in [0.25, 0.3) is 0 Å². The zero-order chi connectivity index (χ0) is 35.7. The van der Waals surface area contributed by atoms with Crippen LogP contribution in [0, 0.1) is 64.1 Å². The van der Waals surface area contributed by atoms with Crippen LogP contribution in [0.1, 0.15) is 113 Å². The number of fused-ring (bicyclic) bond motifs is 6. The number of carbonyl (C=O) groups excluding carboxylic acids is 1. The van der Waals surface area contributed by atoms with Gasteiger partial charge in [-0.3, -0.25) is 4.79 Å². The van der Waals surface area contributed by atoms with Crippen molar-refractivity contribution in [3.8, 4) is 11.8 Å². The molecule has 2 bridgehead atoms. The van der Waals surface area contributed by atoms with Gasteiger partial charge in [0.05, 0.1) is 35.6 Å². The number of allylic oxidation sites excluding steroid dienone is 1. The molecule has 0 spiro atoms. The number of hydrogen-bond acceptors (Lipinski definition) is 8. The van der Waals surface area contributed by atoms with Gasteiger partial charge >= 0.3 is 0 Å². The van der Waals surface area contributed by atoms with Crippen molar-refractivity contribution in [2.45, 2.75) is 161 Å². The second-order valence-corrected chi connectivity index (χ2v) is 18.1. The first kappa shape index (κ1) is 37.4. The third kappa shape index (κ3) is 6.00. The fourth-order valence-electron chi connectivity index (χ4n) is 11.8. The van der Waals surface area contributed by atoms with Crippen LogP contribution in [0.2, 0.25) is 0 Å². The minimum Gasteiger partial charge on any atom is -0.387 e. The van der Waals surface area contributed by atoms with Crippen molar-refractivity contribution in [3.05, 3.63) is 11.6 Å². The summed E-state index contributed by atoms with van der Waals surface area (Å²) in [4.78, 5) is 14.1. The quantitative estimate of drug-likeness (QED) is 0.256. The summed E-state index contributed by atoms with van der Waals surface area (Å²) in [6.07, 6.45) is 5.95. The molecule has 49 heavy (non-hydrogen) atoms. The second-order valence-electron chi connectivity index (χ2n) is 18.1. The van der Waals surface area contributed by atoms with Crippen molar-refractivity contribution >= 4 is 5.78 Å². The maximum atomic E-state index is 14.1. The van der Waals surface area contributed by atoms with Gasteiger partial charge < -0.3 is 34.6 Å². The molecule has 4 aliphatic carbocycles. The Morgan fingerprint density at radius 1 is 0.980 bits per heavy atom. The van der Waals surface area contributed by atoms with Crippen LogP contribution in [-0.4, -0.2) is 87.8 Å². The molecule has 0 aromatic rings. The van der Waals surface area contributed by atoms with Crippen LogP contribution in [0.15, 0.2) is 11.6 Å². The number of hydrogen-bond donors (Lipinski definition) is 4. The number of ketones is 1. The van der Waals surface area contributed by atoms with Crippen LogP contribution in [0.25, 0.3) is 0 Å². The summed E-state index contributed by atoms with van der Waals surface area (Å²) in [5, 5.41) is 48.4. The van der Waals surface area contributed by atoms with E-state index < -0.39 is 47.0 Å². The number of ether oxygens (including phenoxy) is 3. The van der Waals surface area contributed by atoms with Crippen molar-refractivity contribution in [2.75, 3.05) is 13.7 Å². The number of rotatable bonds is 8. The molecule has 6 rings (SSSR count). The lowest BCUT2D eigenvalue weighted by Crippen LogP contribution is -2.66. The van der Waals surface area contributed by atoms with Crippen molar-refractivity contribution in [2.24, 2.45) is 52.3 Å². The van der Waals surface area contributed by atoms with E-state index in [4.69, 9.17) is 14.2 Å². The van der Waals surface area contributed by atoms with E-state index in [1.54, 1.807) is 20.1 Å². The molecule has 0 radical (unpaired) electrons. The highest BCUT2D eigenvalue weighted by atomic mass is 16.5. The molecule has 3 saturated carbocycles. The van der Waals surface area contributed by atoms with Gasteiger partial charge in [0.2, 0.25) is 0 Å². The summed E-state index contributed by atoms with van der Waals surface area (Å²) in [5.74, 6) is 6.17. The van der Waals surface area contributed by atoms with E-state index in [2.05, 4.69) is 39.5 Å². The van der Waals surface area contributed by atoms with Gasteiger partial charge in [0.15, 0.2) is 5.78 Å². The van der Waals surface area contributed by atoms with E-state index in [-0.39, 0.29) is 53.0 Å². The van der Waals surface area contributed by atoms with Gasteiger partial charge in [-0.25, -0.2) is 0 Å². The van der Waals surface area contributed by atoms with E-state index in [0.29, 0.717) is 38.2 Å². The largest absolute Gasteiger partial charge is 0.387 e. The second kappa shape index (κ2) is 13.6. The Morgan fingerprint density at radius 3 is 2.39 bits per heavy atom. The van der Waals surface area contributed by atoms with Crippen LogP contribution >= 0.6 is 0 Å². The Morgan fingerprint density at radius 2 is 1.69 bits per heavy atom. The van der Waals surface area contributed by atoms with Crippen LogP contribution in [0.5, 0.6) is 0 Å². The molecule has 4 N–H and O–H groups in total. The molecule has 8 nitrogen and oxygen atoms in total. The number of aliphatic hydroxyl groups is 4. The van der Waals surface area contributed by atoms with Crippen LogP contribution < -0.4 is 0 Å². The van der Waals surface area contributed by atoms with E-state index in [1.165, 1.54) is 0 Å². The lowest BCUT2D eigenvalue weighted by Gasteiger charge is -2.63. The van der Waals surface area contributed by atoms with Gasteiger partial charge in [-0.2, -0.15) is 0 Å². The lowest BCUT2D eigenvalue weighted by molar-refractivity contribution is -0.211. The van der Waals surface area contributed by atoms with Crippen molar-refractivity contribution in [1.82, 2.24) is 0 Å². The lowest BCUT2D eigenvalue weighted by atomic mass is 9.43. The van der Waals surface area contributed by atoms with E-state index in [1.807, 2.05) is 13.8 Å². The number of aliphatic hydroxyl groups excluding tert-OH is 2. The normalized spacial score (nSPS) is 49.9. The Bertz CT molecular complexity index is 1330. The molecule has 0 aromatic heterocycles. The molecule has 8 heteroatoms. The first-order valence-corrected chi connectivity index (χ1v) is 19.4. The molecule has 16 unspecified atom stereocenters. The van der Waals surface area contributed by atoms with Crippen LogP contribution in [0.4, 0.5) is 0 Å². The molecular formula is C41H64O8. The summed E-state index contributed by atoms with van der Waals surface area (Å²) in [6.45, 7) is 15.1. The Hall–Kier alpha value is -1.31. The highest BCUT2D eigenvalue weighted by Gasteiger charge is 2.72. The fourth-order valence-corrected chi connectivity index (χ4v) is 11.8. The molecule has 6 aliphatic rings. The Balaban J connectivity index is 1.29. The summed E-state index contributed by atoms with van der Waals surface area (Å²) in [6, 6.07) is 0. The minimum absolute atomic E-state index is 0.0130. The number of carbonyl (C=O) groups is 1. The topological polar surface area (TPSA) is 126 Å².